The second-order valence-electron chi connectivity index (χ2n) is 5.30. The SMILES string of the molecule is Cc1ccc(C(=O)NC2C3C=CC(C3)C2O)cc1. The van der Waals surface area contributed by atoms with Crippen molar-refractivity contribution in [2.24, 2.45) is 11.8 Å². The molecule has 0 spiro atoms. The number of carbonyl (C=O) groups is 1. The summed E-state index contributed by atoms with van der Waals surface area (Å²) in [5, 5.41) is 13.0. The summed E-state index contributed by atoms with van der Waals surface area (Å²) in [7, 11) is 0. The number of hydrogen-bond donors (Lipinski definition) is 2. The van der Waals surface area contributed by atoms with Crippen molar-refractivity contribution in [2.45, 2.75) is 25.5 Å². The lowest BCUT2D eigenvalue weighted by atomic mass is 9.98. The van der Waals surface area contributed by atoms with Crippen LogP contribution in [0.2, 0.25) is 0 Å². The van der Waals surface area contributed by atoms with Crippen LogP contribution in [0, 0.1) is 18.8 Å². The van der Waals surface area contributed by atoms with Gasteiger partial charge in [-0.3, -0.25) is 4.79 Å². The molecule has 0 heterocycles. The van der Waals surface area contributed by atoms with Gasteiger partial charge in [-0.05, 0) is 25.5 Å². The van der Waals surface area contributed by atoms with E-state index >= 15 is 0 Å². The molecule has 1 aromatic carbocycles. The third kappa shape index (κ3) is 1.85. The molecule has 2 bridgehead atoms. The number of aliphatic hydroxyl groups excluding tert-OH is 1. The van der Waals surface area contributed by atoms with Gasteiger partial charge in [-0.2, -0.15) is 0 Å². The Bertz CT molecular complexity index is 492. The number of carbonyl (C=O) groups excluding carboxylic acids is 1. The van der Waals surface area contributed by atoms with Crippen molar-refractivity contribution in [3.05, 3.63) is 47.5 Å². The van der Waals surface area contributed by atoms with Crippen LogP contribution < -0.4 is 5.32 Å². The number of hydrogen-bond acceptors (Lipinski definition) is 2. The molecule has 1 fully saturated rings. The first-order valence-electron chi connectivity index (χ1n) is 6.39. The molecule has 0 radical (unpaired) electrons. The monoisotopic (exact) mass is 243 g/mol. The van der Waals surface area contributed by atoms with Crippen LogP contribution in [0.5, 0.6) is 0 Å². The maximum absolute atomic E-state index is 12.1. The Morgan fingerprint density at radius 2 is 1.89 bits per heavy atom. The van der Waals surface area contributed by atoms with Gasteiger partial charge in [0.15, 0.2) is 0 Å². The quantitative estimate of drug-likeness (QED) is 0.776. The minimum Gasteiger partial charge on any atom is -0.390 e. The summed E-state index contributed by atoms with van der Waals surface area (Å²) in [5.41, 5.74) is 1.79. The van der Waals surface area contributed by atoms with E-state index in [0.717, 1.165) is 12.0 Å². The zero-order chi connectivity index (χ0) is 12.7. The van der Waals surface area contributed by atoms with Gasteiger partial charge < -0.3 is 10.4 Å². The maximum Gasteiger partial charge on any atom is 0.251 e. The zero-order valence-corrected chi connectivity index (χ0v) is 10.3. The van der Waals surface area contributed by atoms with E-state index in [1.165, 1.54) is 0 Å². The molecule has 1 saturated carbocycles. The predicted octanol–water partition coefficient (Wildman–Crippen LogP) is 1.66. The van der Waals surface area contributed by atoms with E-state index in [1.807, 2.05) is 31.2 Å². The highest BCUT2D eigenvalue weighted by atomic mass is 16.3. The summed E-state index contributed by atoms with van der Waals surface area (Å²) in [4.78, 5) is 12.1. The van der Waals surface area contributed by atoms with E-state index in [0.29, 0.717) is 11.5 Å². The molecule has 18 heavy (non-hydrogen) atoms. The van der Waals surface area contributed by atoms with Crippen molar-refractivity contribution in [1.82, 2.24) is 5.32 Å². The Morgan fingerprint density at radius 1 is 1.22 bits per heavy atom. The van der Waals surface area contributed by atoms with Crippen LogP contribution in [0.25, 0.3) is 0 Å². The van der Waals surface area contributed by atoms with Gasteiger partial charge in [-0.1, -0.05) is 29.8 Å². The van der Waals surface area contributed by atoms with Crippen LogP contribution in [0.3, 0.4) is 0 Å². The fourth-order valence-corrected chi connectivity index (χ4v) is 2.93. The third-order valence-electron chi connectivity index (χ3n) is 4.03. The molecule has 1 amide bonds. The van der Waals surface area contributed by atoms with Gasteiger partial charge in [0.25, 0.3) is 5.91 Å². The summed E-state index contributed by atoms with van der Waals surface area (Å²) >= 11 is 0. The second kappa shape index (κ2) is 4.25. The van der Waals surface area contributed by atoms with Gasteiger partial charge in [0.2, 0.25) is 0 Å². The van der Waals surface area contributed by atoms with Crippen molar-refractivity contribution in [1.29, 1.82) is 0 Å². The predicted molar refractivity (Wildman–Crippen MR) is 69.2 cm³/mol. The van der Waals surface area contributed by atoms with E-state index in [4.69, 9.17) is 0 Å². The highest BCUT2D eigenvalue weighted by Crippen LogP contribution is 2.39. The molecular weight excluding hydrogens is 226 g/mol. The first-order valence-corrected chi connectivity index (χ1v) is 6.39. The number of aryl methyl sites for hydroxylation is 1. The third-order valence-corrected chi connectivity index (χ3v) is 4.03. The van der Waals surface area contributed by atoms with E-state index in [2.05, 4.69) is 17.5 Å². The molecule has 2 aliphatic carbocycles. The first-order chi connectivity index (χ1) is 8.65. The van der Waals surface area contributed by atoms with Crippen LogP contribution in [-0.4, -0.2) is 23.2 Å². The zero-order valence-electron chi connectivity index (χ0n) is 10.3. The average molecular weight is 243 g/mol. The Hall–Kier alpha value is -1.61. The lowest BCUT2D eigenvalue weighted by Crippen LogP contribution is -2.45. The smallest absolute Gasteiger partial charge is 0.251 e. The highest BCUT2D eigenvalue weighted by Gasteiger charge is 2.44. The lowest BCUT2D eigenvalue weighted by molar-refractivity contribution is 0.0810. The lowest BCUT2D eigenvalue weighted by Gasteiger charge is -2.24. The van der Waals surface area contributed by atoms with Crippen LogP contribution in [0.15, 0.2) is 36.4 Å². The Labute approximate surface area is 107 Å². The van der Waals surface area contributed by atoms with E-state index in [1.54, 1.807) is 0 Å². The van der Waals surface area contributed by atoms with Gasteiger partial charge in [0.05, 0.1) is 12.1 Å². The molecule has 94 valence electrons. The standard InChI is InChI=1S/C15H17NO2/c1-9-2-4-10(5-3-9)15(18)16-13-11-6-7-12(8-11)14(13)17/h2-7,11-14,17H,8H2,1H3,(H,16,18). The van der Waals surface area contributed by atoms with Gasteiger partial charge in [-0.15, -0.1) is 0 Å². The van der Waals surface area contributed by atoms with E-state index < -0.39 is 6.10 Å². The largest absolute Gasteiger partial charge is 0.390 e. The van der Waals surface area contributed by atoms with Gasteiger partial charge in [0.1, 0.15) is 0 Å². The molecule has 4 unspecified atom stereocenters. The molecule has 0 aliphatic heterocycles. The fraction of sp³-hybridized carbons (Fsp3) is 0.400. The number of nitrogens with one attached hydrogen (secondary N) is 1. The van der Waals surface area contributed by atoms with Gasteiger partial charge in [0, 0.05) is 17.4 Å². The topological polar surface area (TPSA) is 49.3 Å². The number of amides is 1. The normalized spacial score (nSPS) is 32.8. The van der Waals surface area contributed by atoms with E-state index in [-0.39, 0.29) is 17.9 Å². The van der Waals surface area contributed by atoms with Crippen molar-refractivity contribution < 1.29 is 9.90 Å². The van der Waals surface area contributed by atoms with Gasteiger partial charge in [-0.25, -0.2) is 0 Å². The summed E-state index contributed by atoms with van der Waals surface area (Å²) in [6, 6.07) is 7.35. The van der Waals surface area contributed by atoms with Crippen molar-refractivity contribution >= 4 is 5.91 Å². The maximum atomic E-state index is 12.1. The molecule has 2 aliphatic rings. The number of benzene rings is 1. The van der Waals surface area contributed by atoms with Crippen LogP contribution in [0.1, 0.15) is 22.3 Å². The molecule has 4 atom stereocenters. The molecule has 2 N–H and O–H groups in total. The molecular formula is C15H17NO2. The second-order valence-corrected chi connectivity index (χ2v) is 5.30. The Balaban J connectivity index is 1.72. The van der Waals surface area contributed by atoms with Crippen LogP contribution in [-0.2, 0) is 0 Å². The van der Waals surface area contributed by atoms with Gasteiger partial charge >= 0.3 is 0 Å². The van der Waals surface area contributed by atoms with Crippen molar-refractivity contribution in [3.8, 4) is 0 Å². The van der Waals surface area contributed by atoms with Crippen molar-refractivity contribution in [3.63, 3.8) is 0 Å². The molecule has 3 rings (SSSR count). The van der Waals surface area contributed by atoms with Crippen molar-refractivity contribution in [2.75, 3.05) is 0 Å². The molecule has 0 saturated heterocycles. The molecule has 1 aromatic rings. The Kier molecular flexibility index (Phi) is 2.71. The highest BCUT2D eigenvalue weighted by molar-refractivity contribution is 5.94. The number of rotatable bonds is 2. The fourth-order valence-electron chi connectivity index (χ4n) is 2.93. The summed E-state index contributed by atoms with van der Waals surface area (Å²) < 4.78 is 0. The Morgan fingerprint density at radius 3 is 2.50 bits per heavy atom. The summed E-state index contributed by atoms with van der Waals surface area (Å²) in [6.45, 7) is 1.99. The summed E-state index contributed by atoms with van der Waals surface area (Å²) in [6.07, 6.45) is 4.69. The van der Waals surface area contributed by atoms with Crippen LogP contribution in [0.4, 0.5) is 0 Å². The molecule has 3 nitrogen and oxygen atoms in total. The average Bonchev–Trinajstić information content (AvgIpc) is 2.94. The van der Waals surface area contributed by atoms with E-state index in [9.17, 15) is 9.90 Å². The molecule has 3 heteroatoms. The molecule has 0 aromatic heterocycles. The minimum atomic E-state index is -0.436. The first kappa shape index (κ1) is 11.5. The minimum absolute atomic E-state index is 0.0972. The van der Waals surface area contributed by atoms with Crippen LogP contribution >= 0.6 is 0 Å². The summed E-state index contributed by atoms with van der Waals surface area (Å²) in [5.74, 6) is 0.415. The number of fused-ring (bicyclic) bond motifs is 2. The number of aliphatic hydroxyl groups is 1.